The fraction of sp³-hybridized carbons (Fsp3) is 1.00. The average molecular weight is 114 g/mol. The van der Waals surface area contributed by atoms with E-state index in [1.807, 2.05) is 0 Å². The largest absolute Gasteiger partial charge is 0.375 e. The van der Waals surface area contributed by atoms with Gasteiger partial charge in [0.2, 0.25) is 0 Å². The van der Waals surface area contributed by atoms with Crippen LogP contribution in [0.15, 0.2) is 0 Å². The fourth-order valence-electron chi connectivity index (χ4n) is 1.19. The molecule has 1 aliphatic heterocycles. The van der Waals surface area contributed by atoms with E-state index in [0.29, 0.717) is 12.2 Å². The molecule has 1 rings (SSSR count). The molecule has 1 fully saturated rings. The van der Waals surface area contributed by atoms with Crippen LogP contribution in [0.25, 0.3) is 0 Å². The van der Waals surface area contributed by atoms with Crippen LogP contribution in [0, 0.1) is 0 Å². The SMILES string of the molecule is CCC1CC[C@@H](C)O1. The third-order valence-corrected chi connectivity index (χ3v) is 1.78. The highest BCUT2D eigenvalue weighted by atomic mass is 16.5. The van der Waals surface area contributed by atoms with Gasteiger partial charge in [-0.15, -0.1) is 0 Å². The maximum absolute atomic E-state index is 5.51. The van der Waals surface area contributed by atoms with Gasteiger partial charge in [0.1, 0.15) is 0 Å². The van der Waals surface area contributed by atoms with Gasteiger partial charge in [-0.05, 0) is 26.2 Å². The van der Waals surface area contributed by atoms with Crippen molar-refractivity contribution in [2.75, 3.05) is 0 Å². The summed E-state index contributed by atoms with van der Waals surface area (Å²) in [6.45, 7) is 4.33. The summed E-state index contributed by atoms with van der Waals surface area (Å²) in [6.07, 6.45) is 4.82. The molecule has 0 spiro atoms. The third-order valence-electron chi connectivity index (χ3n) is 1.78. The first-order valence-corrected chi connectivity index (χ1v) is 3.48. The Kier molecular flexibility index (Phi) is 1.90. The van der Waals surface area contributed by atoms with Crippen LogP contribution in [-0.2, 0) is 4.74 Å². The van der Waals surface area contributed by atoms with Gasteiger partial charge in [0.25, 0.3) is 0 Å². The number of rotatable bonds is 1. The minimum absolute atomic E-state index is 0.528. The van der Waals surface area contributed by atoms with Crippen molar-refractivity contribution >= 4 is 0 Å². The van der Waals surface area contributed by atoms with E-state index < -0.39 is 0 Å². The lowest BCUT2D eigenvalue weighted by atomic mass is 10.2. The molecule has 1 unspecified atom stereocenters. The van der Waals surface area contributed by atoms with Gasteiger partial charge in [-0.25, -0.2) is 0 Å². The summed E-state index contributed by atoms with van der Waals surface area (Å²) in [5, 5.41) is 0. The molecule has 1 aliphatic rings. The van der Waals surface area contributed by atoms with Crippen molar-refractivity contribution < 1.29 is 4.74 Å². The van der Waals surface area contributed by atoms with E-state index in [1.165, 1.54) is 19.3 Å². The third kappa shape index (κ3) is 1.22. The summed E-state index contributed by atoms with van der Waals surface area (Å²) >= 11 is 0. The first-order chi connectivity index (χ1) is 3.83. The Bertz CT molecular complexity index is 70.8. The monoisotopic (exact) mass is 114 g/mol. The summed E-state index contributed by atoms with van der Waals surface area (Å²) in [7, 11) is 0. The van der Waals surface area contributed by atoms with Crippen molar-refractivity contribution in [2.45, 2.75) is 45.3 Å². The summed E-state index contributed by atoms with van der Waals surface area (Å²) in [5.41, 5.74) is 0. The van der Waals surface area contributed by atoms with Crippen molar-refractivity contribution in [3.8, 4) is 0 Å². The Hall–Kier alpha value is -0.0400. The highest BCUT2D eigenvalue weighted by Gasteiger charge is 2.18. The summed E-state index contributed by atoms with van der Waals surface area (Å²) < 4.78 is 5.51. The van der Waals surface area contributed by atoms with E-state index in [2.05, 4.69) is 13.8 Å². The van der Waals surface area contributed by atoms with E-state index in [0.717, 1.165) is 0 Å². The molecule has 48 valence electrons. The van der Waals surface area contributed by atoms with Crippen LogP contribution >= 0.6 is 0 Å². The molecule has 0 amide bonds. The molecule has 0 saturated carbocycles. The lowest BCUT2D eigenvalue weighted by Crippen LogP contribution is -2.05. The van der Waals surface area contributed by atoms with Gasteiger partial charge in [0.15, 0.2) is 0 Å². The molecule has 0 aromatic carbocycles. The summed E-state index contributed by atoms with van der Waals surface area (Å²) in [5.74, 6) is 0. The van der Waals surface area contributed by atoms with Crippen molar-refractivity contribution in [1.29, 1.82) is 0 Å². The molecule has 0 radical (unpaired) electrons. The topological polar surface area (TPSA) is 9.23 Å². The standard InChI is InChI=1S/C7H14O/c1-3-7-5-4-6(2)8-7/h6-7H,3-5H2,1-2H3/t6-,7?/m1/s1. The predicted octanol–water partition coefficient (Wildman–Crippen LogP) is 1.96. The molecule has 1 nitrogen and oxygen atoms in total. The minimum atomic E-state index is 0.528. The van der Waals surface area contributed by atoms with Crippen molar-refractivity contribution in [3.05, 3.63) is 0 Å². The molecule has 0 aromatic rings. The second-order valence-corrected chi connectivity index (χ2v) is 2.55. The first kappa shape index (κ1) is 6.09. The van der Waals surface area contributed by atoms with E-state index in [-0.39, 0.29) is 0 Å². The average Bonchev–Trinajstić information content (AvgIpc) is 2.14. The van der Waals surface area contributed by atoms with Gasteiger partial charge in [-0.2, -0.15) is 0 Å². The highest BCUT2D eigenvalue weighted by molar-refractivity contribution is 4.68. The lowest BCUT2D eigenvalue weighted by Gasteiger charge is -2.05. The van der Waals surface area contributed by atoms with E-state index in [4.69, 9.17) is 4.74 Å². The maximum Gasteiger partial charge on any atom is 0.0577 e. The first-order valence-electron chi connectivity index (χ1n) is 3.48. The molecule has 1 heterocycles. The summed E-state index contributed by atoms with van der Waals surface area (Å²) in [6, 6.07) is 0. The van der Waals surface area contributed by atoms with Gasteiger partial charge < -0.3 is 4.74 Å². The zero-order chi connectivity index (χ0) is 5.98. The molecule has 0 N–H and O–H groups in total. The van der Waals surface area contributed by atoms with Crippen LogP contribution in [0.1, 0.15) is 33.1 Å². The Balaban J connectivity index is 2.22. The molecule has 1 saturated heterocycles. The van der Waals surface area contributed by atoms with Crippen molar-refractivity contribution in [3.63, 3.8) is 0 Å². The van der Waals surface area contributed by atoms with Crippen molar-refractivity contribution in [2.24, 2.45) is 0 Å². The fourth-order valence-corrected chi connectivity index (χ4v) is 1.19. The molecule has 0 aromatic heterocycles. The minimum Gasteiger partial charge on any atom is -0.375 e. The number of ether oxygens (including phenoxy) is 1. The van der Waals surface area contributed by atoms with E-state index in [9.17, 15) is 0 Å². The second kappa shape index (κ2) is 2.49. The van der Waals surface area contributed by atoms with Crippen LogP contribution in [0.5, 0.6) is 0 Å². The second-order valence-electron chi connectivity index (χ2n) is 2.55. The Morgan fingerprint density at radius 1 is 1.50 bits per heavy atom. The van der Waals surface area contributed by atoms with E-state index in [1.54, 1.807) is 0 Å². The van der Waals surface area contributed by atoms with Crippen LogP contribution in [0.2, 0.25) is 0 Å². The lowest BCUT2D eigenvalue weighted by molar-refractivity contribution is 0.0540. The molecule has 0 aliphatic carbocycles. The maximum atomic E-state index is 5.51. The molecule has 1 heteroatoms. The molecular formula is C7H14O. The van der Waals surface area contributed by atoms with E-state index >= 15 is 0 Å². The zero-order valence-corrected chi connectivity index (χ0v) is 5.68. The molecular weight excluding hydrogens is 100 g/mol. The quantitative estimate of drug-likeness (QED) is 0.506. The smallest absolute Gasteiger partial charge is 0.0577 e. The van der Waals surface area contributed by atoms with Gasteiger partial charge in [-0.3, -0.25) is 0 Å². The van der Waals surface area contributed by atoms with Crippen molar-refractivity contribution in [1.82, 2.24) is 0 Å². The molecule has 0 bridgehead atoms. The van der Waals surface area contributed by atoms with Gasteiger partial charge >= 0.3 is 0 Å². The predicted molar refractivity (Wildman–Crippen MR) is 33.9 cm³/mol. The van der Waals surface area contributed by atoms with Crippen LogP contribution < -0.4 is 0 Å². The highest BCUT2D eigenvalue weighted by Crippen LogP contribution is 2.20. The van der Waals surface area contributed by atoms with Crippen LogP contribution in [-0.4, -0.2) is 12.2 Å². The van der Waals surface area contributed by atoms with Crippen LogP contribution in [0.4, 0.5) is 0 Å². The zero-order valence-electron chi connectivity index (χ0n) is 5.68. The normalized spacial score (nSPS) is 38.2. The van der Waals surface area contributed by atoms with Gasteiger partial charge in [0.05, 0.1) is 12.2 Å². The van der Waals surface area contributed by atoms with Gasteiger partial charge in [-0.1, -0.05) is 6.92 Å². The Morgan fingerprint density at radius 3 is 2.50 bits per heavy atom. The molecule has 2 atom stereocenters. The van der Waals surface area contributed by atoms with Gasteiger partial charge in [0, 0.05) is 0 Å². The summed E-state index contributed by atoms with van der Waals surface area (Å²) in [4.78, 5) is 0. The molecule has 8 heavy (non-hydrogen) atoms. The number of hydrogen-bond acceptors (Lipinski definition) is 1. The van der Waals surface area contributed by atoms with Crippen LogP contribution in [0.3, 0.4) is 0 Å². The number of hydrogen-bond donors (Lipinski definition) is 0. The Labute approximate surface area is 51.0 Å². The Morgan fingerprint density at radius 2 is 2.25 bits per heavy atom.